The molecule has 1 aromatic rings. The lowest BCUT2D eigenvalue weighted by molar-refractivity contribution is 0.137. The zero-order valence-electron chi connectivity index (χ0n) is 11.0. The van der Waals surface area contributed by atoms with Crippen molar-refractivity contribution in [2.45, 2.75) is 38.7 Å². The lowest BCUT2D eigenvalue weighted by atomic mass is 9.94. The number of hydrogen-bond donors (Lipinski definition) is 1. The van der Waals surface area contributed by atoms with Crippen molar-refractivity contribution in [3.63, 3.8) is 0 Å². The quantitative estimate of drug-likeness (QED) is 0.926. The van der Waals surface area contributed by atoms with Gasteiger partial charge in [0.1, 0.15) is 0 Å². The van der Waals surface area contributed by atoms with E-state index in [0.29, 0.717) is 17.4 Å². The predicted molar refractivity (Wildman–Crippen MR) is 77.3 cm³/mol. The summed E-state index contributed by atoms with van der Waals surface area (Å²) >= 11 is 8.22. The Bertz CT molecular complexity index is 402. The number of rotatable bonds is 4. The molecule has 1 fully saturated rings. The van der Waals surface area contributed by atoms with E-state index >= 15 is 0 Å². The van der Waals surface area contributed by atoms with Crippen molar-refractivity contribution in [2.75, 3.05) is 11.5 Å². The Morgan fingerprint density at radius 1 is 1.50 bits per heavy atom. The third kappa shape index (κ3) is 3.43. The Hall–Kier alpha value is -0.190. The number of aliphatic hydroxyl groups is 1. The molecule has 0 amide bonds. The molecule has 2 rings (SSSR count). The van der Waals surface area contributed by atoms with E-state index in [9.17, 15) is 5.11 Å². The topological polar surface area (TPSA) is 38.0 Å². The highest BCUT2D eigenvalue weighted by Crippen LogP contribution is 2.28. The van der Waals surface area contributed by atoms with Crippen LogP contribution in [0.25, 0.3) is 0 Å². The number of aliphatic hydroxyl groups excluding tert-OH is 1. The van der Waals surface area contributed by atoms with E-state index in [4.69, 9.17) is 11.6 Å². The van der Waals surface area contributed by atoms with Crippen molar-refractivity contribution in [1.82, 2.24) is 9.78 Å². The Labute approximate surface area is 118 Å². The number of aryl methyl sites for hydroxylation is 2. The SMILES string of the molecule is Cc1nn(C)c(CC(O)CC2CCSCC2)c1Cl. The van der Waals surface area contributed by atoms with Crippen LogP contribution in [-0.2, 0) is 13.5 Å². The van der Waals surface area contributed by atoms with Crippen LogP contribution in [0.4, 0.5) is 0 Å². The van der Waals surface area contributed by atoms with Gasteiger partial charge in [-0.3, -0.25) is 4.68 Å². The van der Waals surface area contributed by atoms with Crippen LogP contribution in [0.2, 0.25) is 5.02 Å². The number of halogens is 1. The van der Waals surface area contributed by atoms with Crippen LogP contribution in [-0.4, -0.2) is 32.5 Å². The summed E-state index contributed by atoms with van der Waals surface area (Å²) in [5, 5.41) is 15.2. The highest BCUT2D eigenvalue weighted by Gasteiger charge is 2.20. The molecule has 1 N–H and O–H groups in total. The molecule has 102 valence electrons. The lowest BCUT2D eigenvalue weighted by Gasteiger charge is -2.23. The molecule has 3 nitrogen and oxygen atoms in total. The van der Waals surface area contributed by atoms with Gasteiger partial charge in [-0.05, 0) is 43.6 Å². The van der Waals surface area contributed by atoms with Gasteiger partial charge in [0.25, 0.3) is 0 Å². The number of hydrogen-bond acceptors (Lipinski definition) is 3. The standard InChI is InChI=1S/C13H21ClN2OS/c1-9-13(14)12(16(2)15-9)8-11(17)7-10-3-5-18-6-4-10/h10-11,17H,3-8H2,1-2H3. The number of nitrogens with zero attached hydrogens (tertiary/aromatic N) is 2. The van der Waals surface area contributed by atoms with Crippen molar-refractivity contribution in [2.24, 2.45) is 13.0 Å². The molecule has 0 aromatic carbocycles. The molecule has 1 aliphatic rings. The van der Waals surface area contributed by atoms with Gasteiger partial charge in [0.05, 0.1) is 22.5 Å². The minimum Gasteiger partial charge on any atom is -0.393 e. The second kappa shape index (κ2) is 6.31. The fourth-order valence-electron chi connectivity index (χ4n) is 2.58. The second-order valence-electron chi connectivity index (χ2n) is 5.12. The van der Waals surface area contributed by atoms with Crippen molar-refractivity contribution >= 4 is 23.4 Å². The highest BCUT2D eigenvalue weighted by molar-refractivity contribution is 7.99. The molecule has 1 unspecified atom stereocenters. The summed E-state index contributed by atoms with van der Waals surface area (Å²) in [6, 6.07) is 0. The Morgan fingerprint density at radius 3 is 2.72 bits per heavy atom. The minimum absolute atomic E-state index is 0.301. The fraction of sp³-hybridized carbons (Fsp3) is 0.769. The van der Waals surface area contributed by atoms with E-state index in [0.717, 1.165) is 17.8 Å². The molecular formula is C13H21ClN2OS. The van der Waals surface area contributed by atoms with Gasteiger partial charge in [-0.1, -0.05) is 11.6 Å². The second-order valence-corrected chi connectivity index (χ2v) is 6.72. The van der Waals surface area contributed by atoms with E-state index in [1.807, 2.05) is 25.7 Å². The molecule has 5 heteroatoms. The summed E-state index contributed by atoms with van der Waals surface area (Å²) in [7, 11) is 1.89. The summed E-state index contributed by atoms with van der Waals surface area (Å²) in [4.78, 5) is 0. The van der Waals surface area contributed by atoms with Crippen LogP contribution < -0.4 is 0 Å². The summed E-state index contributed by atoms with van der Waals surface area (Å²) in [6.07, 6.45) is 3.67. The van der Waals surface area contributed by atoms with E-state index < -0.39 is 0 Å². The van der Waals surface area contributed by atoms with Gasteiger partial charge in [-0.15, -0.1) is 0 Å². The molecule has 0 aliphatic carbocycles. The third-order valence-corrected chi connectivity index (χ3v) is 5.18. The van der Waals surface area contributed by atoms with Crippen molar-refractivity contribution in [3.05, 3.63) is 16.4 Å². The monoisotopic (exact) mass is 288 g/mol. The molecule has 0 radical (unpaired) electrons. The molecule has 1 atom stereocenters. The Kier molecular flexibility index (Phi) is 4.98. The van der Waals surface area contributed by atoms with Crippen LogP contribution in [0.15, 0.2) is 0 Å². The molecule has 2 heterocycles. The normalized spacial score (nSPS) is 19.1. The molecule has 1 aliphatic heterocycles. The molecule has 0 spiro atoms. The van der Waals surface area contributed by atoms with Gasteiger partial charge in [-0.2, -0.15) is 16.9 Å². The average molecular weight is 289 g/mol. The number of thioether (sulfide) groups is 1. The first kappa shape index (κ1) is 14.2. The van der Waals surface area contributed by atoms with Crippen molar-refractivity contribution in [1.29, 1.82) is 0 Å². The van der Waals surface area contributed by atoms with Crippen molar-refractivity contribution in [3.8, 4) is 0 Å². The van der Waals surface area contributed by atoms with Gasteiger partial charge >= 0.3 is 0 Å². The van der Waals surface area contributed by atoms with Crippen LogP contribution in [0, 0.1) is 12.8 Å². The summed E-state index contributed by atoms with van der Waals surface area (Å²) in [5.74, 6) is 3.15. The smallest absolute Gasteiger partial charge is 0.0847 e. The first-order valence-corrected chi connectivity index (χ1v) is 8.05. The summed E-state index contributed by atoms with van der Waals surface area (Å²) in [6.45, 7) is 1.90. The molecule has 0 saturated carbocycles. The van der Waals surface area contributed by atoms with E-state index in [1.54, 1.807) is 4.68 Å². The third-order valence-electron chi connectivity index (χ3n) is 3.64. The van der Waals surface area contributed by atoms with Crippen LogP contribution in [0.5, 0.6) is 0 Å². The molecule has 1 aromatic heterocycles. The zero-order chi connectivity index (χ0) is 13.1. The predicted octanol–water partition coefficient (Wildman–Crippen LogP) is 2.82. The largest absolute Gasteiger partial charge is 0.393 e. The molecule has 0 bridgehead atoms. The van der Waals surface area contributed by atoms with Gasteiger partial charge in [0.15, 0.2) is 0 Å². The Morgan fingerprint density at radius 2 is 2.17 bits per heavy atom. The highest BCUT2D eigenvalue weighted by atomic mass is 35.5. The molecule has 1 saturated heterocycles. The van der Waals surface area contributed by atoms with Gasteiger partial charge in [0.2, 0.25) is 0 Å². The summed E-state index contributed by atoms with van der Waals surface area (Å²) in [5.41, 5.74) is 1.79. The maximum Gasteiger partial charge on any atom is 0.0847 e. The maximum absolute atomic E-state index is 10.2. The van der Waals surface area contributed by atoms with Crippen LogP contribution in [0.3, 0.4) is 0 Å². The van der Waals surface area contributed by atoms with Gasteiger partial charge in [-0.25, -0.2) is 0 Å². The van der Waals surface area contributed by atoms with Crippen molar-refractivity contribution < 1.29 is 5.11 Å². The minimum atomic E-state index is -0.301. The van der Waals surface area contributed by atoms with E-state index in [1.165, 1.54) is 24.3 Å². The van der Waals surface area contributed by atoms with Gasteiger partial charge in [0, 0.05) is 13.5 Å². The fourth-order valence-corrected chi connectivity index (χ4v) is 4.02. The number of aromatic nitrogens is 2. The summed E-state index contributed by atoms with van der Waals surface area (Å²) < 4.78 is 1.79. The first-order chi connectivity index (χ1) is 8.58. The maximum atomic E-state index is 10.2. The molecular weight excluding hydrogens is 268 g/mol. The van der Waals surface area contributed by atoms with Crippen LogP contribution in [0.1, 0.15) is 30.7 Å². The zero-order valence-corrected chi connectivity index (χ0v) is 12.6. The lowest BCUT2D eigenvalue weighted by Crippen LogP contribution is -2.20. The van der Waals surface area contributed by atoms with Crippen LogP contribution >= 0.6 is 23.4 Å². The average Bonchev–Trinajstić information content (AvgIpc) is 2.57. The molecule has 18 heavy (non-hydrogen) atoms. The Balaban J connectivity index is 1.91. The van der Waals surface area contributed by atoms with E-state index in [2.05, 4.69) is 5.10 Å². The first-order valence-electron chi connectivity index (χ1n) is 6.51. The van der Waals surface area contributed by atoms with E-state index in [-0.39, 0.29) is 6.10 Å². The van der Waals surface area contributed by atoms with Gasteiger partial charge < -0.3 is 5.11 Å².